The second-order valence-corrected chi connectivity index (χ2v) is 14.1. The maximum atomic E-state index is 13.1. The molecule has 5 rings (SSSR count). The Morgan fingerprint density at radius 1 is 0.533 bits per heavy atom. The van der Waals surface area contributed by atoms with E-state index < -0.39 is 29.8 Å². The van der Waals surface area contributed by atoms with E-state index in [-0.39, 0.29) is 55.6 Å². The van der Waals surface area contributed by atoms with Gasteiger partial charge in [-0.15, -0.1) is 0 Å². The van der Waals surface area contributed by atoms with Crippen molar-refractivity contribution in [2.75, 3.05) is 20.2 Å². The predicted octanol–water partition coefficient (Wildman–Crippen LogP) is 6.63. The smallest absolute Gasteiger partial charge is 0.333 e. The molecule has 0 heterocycles. The lowest BCUT2D eigenvalue weighted by Crippen LogP contribution is -2.30. The van der Waals surface area contributed by atoms with E-state index in [0.717, 1.165) is 23.9 Å². The Hall–Kier alpha value is -6.77. The average Bonchev–Trinajstić information content (AvgIpc) is 3.27. The maximum Gasteiger partial charge on any atom is 0.333 e. The first-order chi connectivity index (χ1) is 29.0. The highest BCUT2D eigenvalue weighted by molar-refractivity contribution is 5.85. The number of carbonyl (C=O) groups excluding carboxylic acids is 6. The molecule has 0 saturated heterocycles. The zero-order valence-corrected chi connectivity index (χ0v) is 33.0. The molecule has 316 valence electrons. The Balaban J connectivity index is 0.977. The van der Waals surface area contributed by atoms with Crippen molar-refractivity contribution in [3.8, 4) is 28.7 Å². The molecule has 3 aromatic carbocycles. The second kappa shape index (κ2) is 22.4. The van der Waals surface area contributed by atoms with Crippen molar-refractivity contribution in [2.45, 2.75) is 57.8 Å². The Bertz CT molecular complexity index is 2010. The van der Waals surface area contributed by atoms with Gasteiger partial charge in [0.2, 0.25) is 13.6 Å². The summed E-state index contributed by atoms with van der Waals surface area (Å²) in [5.74, 6) is -2.46. The summed E-state index contributed by atoms with van der Waals surface area (Å²) >= 11 is 0. The maximum absolute atomic E-state index is 13.1. The first-order valence-electron chi connectivity index (χ1n) is 19.5. The van der Waals surface area contributed by atoms with Crippen LogP contribution in [0.5, 0.6) is 28.7 Å². The first kappa shape index (κ1) is 44.3. The van der Waals surface area contributed by atoms with Gasteiger partial charge in [-0.3, -0.25) is 19.2 Å². The molecular formula is C45H47NO14. The molecule has 15 heteroatoms. The molecule has 2 fully saturated rings. The van der Waals surface area contributed by atoms with Crippen molar-refractivity contribution in [3.63, 3.8) is 0 Å². The van der Waals surface area contributed by atoms with Gasteiger partial charge in [0.1, 0.15) is 28.7 Å². The summed E-state index contributed by atoms with van der Waals surface area (Å²) in [6.07, 6.45) is 7.27. The predicted molar refractivity (Wildman–Crippen MR) is 213 cm³/mol. The molecule has 3 aromatic rings. The molecule has 0 amide bonds. The molecule has 2 saturated carbocycles. The second-order valence-electron chi connectivity index (χ2n) is 14.1. The van der Waals surface area contributed by atoms with Crippen molar-refractivity contribution < 1.29 is 66.7 Å². The average molecular weight is 826 g/mol. The fraction of sp³-hybridized carbons (Fsp3) is 0.356. The van der Waals surface area contributed by atoms with E-state index >= 15 is 0 Å². The molecular weight excluding hydrogens is 778 g/mol. The van der Waals surface area contributed by atoms with Gasteiger partial charge in [0.15, 0.2) is 0 Å². The number of carbonyl (C=O) groups is 6. The largest absolute Gasteiger partial charge is 0.465 e. The topological polar surface area (TPSA) is 200 Å². The highest BCUT2D eigenvalue weighted by Crippen LogP contribution is 2.33. The Labute approximate surface area is 347 Å². The van der Waals surface area contributed by atoms with Crippen LogP contribution < -0.4 is 23.7 Å². The third-order valence-electron chi connectivity index (χ3n) is 10.1. The van der Waals surface area contributed by atoms with Gasteiger partial charge in [-0.2, -0.15) is 0 Å². The molecule has 0 atom stereocenters. The van der Waals surface area contributed by atoms with Crippen LogP contribution in [0.1, 0.15) is 62.5 Å². The summed E-state index contributed by atoms with van der Waals surface area (Å²) in [7, 11) is 0. The van der Waals surface area contributed by atoms with E-state index in [0.29, 0.717) is 86.3 Å². The van der Waals surface area contributed by atoms with E-state index in [1.54, 1.807) is 66.7 Å². The van der Waals surface area contributed by atoms with Gasteiger partial charge < -0.3 is 43.3 Å². The number of nitrogens with one attached hydrogen (secondary N) is 1. The van der Waals surface area contributed by atoms with Crippen LogP contribution in [-0.4, -0.2) is 62.2 Å². The van der Waals surface area contributed by atoms with Crippen LogP contribution in [0.2, 0.25) is 0 Å². The van der Waals surface area contributed by atoms with Crippen molar-refractivity contribution in [2.24, 2.45) is 23.7 Å². The quantitative estimate of drug-likeness (QED) is 0.0337. The number of benzene rings is 3. The SMILES string of the molecule is C=CC(=O)OCOc1ccc(OC(=O)C2CCC(C(=O)OCCc3ccc(OC(=O)C4CCC(C(=O)Oc5ccc(OCOC(=O)C=C)cc5)CC4)c(C=N)c3)CC2)cc1. The van der Waals surface area contributed by atoms with Crippen LogP contribution in [0.25, 0.3) is 0 Å². The van der Waals surface area contributed by atoms with Gasteiger partial charge in [-0.25, -0.2) is 9.59 Å². The molecule has 2 aliphatic carbocycles. The van der Waals surface area contributed by atoms with Crippen LogP contribution >= 0.6 is 0 Å². The summed E-state index contributed by atoms with van der Waals surface area (Å²) in [5, 5.41) is 7.90. The van der Waals surface area contributed by atoms with E-state index in [2.05, 4.69) is 13.2 Å². The van der Waals surface area contributed by atoms with Gasteiger partial charge in [0.25, 0.3) is 0 Å². The summed E-state index contributed by atoms with van der Waals surface area (Å²) < 4.78 is 42.5. The molecule has 60 heavy (non-hydrogen) atoms. The van der Waals surface area contributed by atoms with E-state index in [1.807, 2.05) is 0 Å². The fourth-order valence-electron chi connectivity index (χ4n) is 6.70. The molecule has 1 N–H and O–H groups in total. The number of hydrogen-bond donors (Lipinski definition) is 1. The zero-order valence-electron chi connectivity index (χ0n) is 33.0. The van der Waals surface area contributed by atoms with Crippen LogP contribution in [0.3, 0.4) is 0 Å². The molecule has 0 aliphatic heterocycles. The monoisotopic (exact) mass is 825 g/mol. The first-order valence-corrected chi connectivity index (χ1v) is 19.5. The van der Waals surface area contributed by atoms with Gasteiger partial charge in [-0.05, 0) is 118 Å². The van der Waals surface area contributed by atoms with Crippen molar-refractivity contribution in [3.05, 3.63) is 103 Å². The van der Waals surface area contributed by atoms with E-state index in [9.17, 15) is 28.8 Å². The minimum atomic E-state index is -0.609. The highest BCUT2D eigenvalue weighted by atomic mass is 16.7. The van der Waals surface area contributed by atoms with Crippen LogP contribution in [0.4, 0.5) is 0 Å². The summed E-state index contributed by atoms with van der Waals surface area (Å²) in [5.41, 5.74) is 1.19. The number of ether oxygens (including phenoxy) is 8. The normalized spacial score (nSPS) is 18.3. The third-order valence-corrected chi connectivity index (χ3v) is 10.1. The summed E-state index contributed by atoms with van der Waals surface area (Å²) in [4.78, 5) is 73.8. The minimum Gasteiger partial charge on any atom is -0.465 e. The molecule has 0 radical (unpaired) electrons. The lowest BCUT2D eigenvalue weighted by molar-refractivity contribution is -0.152. The highest BCUT2D eigenvalue weighted by Gasteiger charge is 2.33. The van der Waals surface area contributed by atoms with Gasteiger partial charge >= 0.3 is 35.8 Å². The summed E-state index contributed by atoms with van der Waals surface area (Å²) in [6.45, 7) is 6.17. The van der Waals surface area contributed by atoms with Crippen molar-refractivity contribution in [1.82, 2.24) is 0 Å². The minimum absolute atomic E-state index is 0.119. The van der Waals surface area contributed by atoms with Crippen LogP contribution in [0.15, 0.2) is 92.0 Å². The molecule has 0 aromatic heterocycles. The third kappa shape index (κ3) is 13.4. The Morgan fingerprint density at radius 3 is 1.35 bits per heavy atom. The van der Waals surface area contributed by atoms with Gasteiger partial charge in [0.05, 0.1) is 30.3 Å². The molecule has 15 nitrogen and oxygen atoms in total. The number of esters is 6. The fourth-order valence-corrected chi connectivity index (χ4v) is 6.70. The Kier molecular flexibility index (Phi) is 16.6. The number of rotatable bonds is 19. The molecule has 0 unspecified atom stereocenters. The lowest BCUT2D eigenvalue weighted by Gasteiger charge is -2.26. The van der Waals surface area contributed by atoms with Crippen LogP contribution in [-0.2, 0) is 49.4 Å². The molecule has 2 aliphatic rings. The van der Waals surface area contributed by atoms with Crippen molar-refractivity contribution in [1.29, 1.82) is 5.41 Å². The lowest BCUT2D eigenvalue weighted by atomic mass is 9.82. The van der Waals surface area contributed by atoms with E-state index in [1.165, 1.54) is 0 Å². The Morgan fingerprint density at radius 2 is 0.933 bits per heavy atom. The summed E-state index contributed by atoms with van der Waals surface area (Å²) in [6, 6.07) is 17.7. The van der Waals surface area contributed by atoms with Crippen LogP contribution in [0, 0.1) is 29.1 Å². The molecule has 0 bridgehead atoms. The zero-order chi connectivity index (χ0) is 42.9. The molecule has 0 spiro atoms. The standard InChI is InChI=1S/C45H47NO14/c1-3-40(47)56-27-54-35-14-18-37(19-15-35)58-43(50)31-8-6-30(7-9-31)42(49)53-24-23-29-5-22-39(34(25-29)26-46)60-45(52)33-12-10-32(11-13-33)44(51)59-38-20-16-36(17-21-38)55-28-57-41(48)4-2/h3-5,14-22,25-26,30-33,46H,1-2,6-13,23-24,27-28H2. The van der Waals surface area contributed by atoms with Gasteiger partial charge in [-0.1, -0.05) is 19.2 Å². The van der Waals surface area contributed by atoms with E-state index in [4.69, 9.17) is 43.3 Å². The van der Waals surface area contributed by atoms with Crippen molar-refractivity contribution >= 4 is 42.0 Å². The van der Waals surface area contributed by atoms with Gasteiger partial charge in [0, 0.05) is 30.4 Å². The number of hydrogen-bond acceptors (Lipinski definition) is 15.